The average molecular weight is 330 g/mol. The molecule has 0 fully saturated rings. The molecule has 0 amide bonds. The lowest BCUT2D eigenvalue weighted by atomic mass is 9.96. The fourth-order valence-corrected chi connectivity index (χ4v) is 3.62. The Labute approximate surface area is 143 Å². The number of benzene rings is 2. The lowest BCUT2D eigenvalue weighted by molar-refractivity contribution is 0.617. The maximum absolute atomic E-state index is 13.7. The Bertz CT molecular complexity index is 1120. The number of aromatic amines is 1. The van der Waals surface area contributed by atoms with Gasteiger partial charge in [0.1, 0.15) is 5.82 Å². The number of halogens is 1. The maximum atomic E-state index is 13.7. The van der Waals surface area contributed by atoms with E-state index in [0.717, 1.165) is 39.0 Å². The third-order valence-corrected chi connectivity index (χ3v) is 4.85. The van der Waals surface area contributed by atoms with Crippen molar-refractivity contribution in [1.82, 2.24) is 15.2 Å². The number of rotatable bonds is 1. The number of para-hydroxylation sites is 1. The summed E-state index contributed by atoms with van der Waals surface area (Å²) < 4.78 is 13.7. The first-order chi connectivity index (χ1) is 12.2. The molecule has 0 saturated heterocycles. The van der Waals surface area contributed by atoms with Crippen LogP contribution in [-0.4, -0.2) is 15.2 Å². The summed E-state index contributed by atoms with van der Waals surface area (Å²) in [5.74, 6) is -0.191. The van der Waals surface area contributed by atoms with Gasteiger partial charge in [-0.2, -0.15) is 5.10 Å². The van der Waals surface area contributed by atoms with E-state index in [4.69, 9.17) is 0 Å². The summed E-state index contributed by atoms with van der Waals surface area (Å²) in [5, 5.41) is 13.0. The number of nitrogens with zero attached hydrogens (tertiary/aromatic N) is 2. The second kappa shape index (κ2) is 5.14. The first-order valence-electron chi connectivity index (χ1n) is 8.17. The molecule has 4 aromatic rings. The van der Waals surface area contributed by atoms with Gasteiger partial charge in [-0.15, -0.1) is 5.10 Å². The summed E-state index contributed by atoms with van der Waals surface area (Å²) in [7, 11) is 0. The highest BCUT2D eigenvalue weighted by molar-refractivity contribution is 6.00. The molecule has 25 heavy (non-hydrogen) atoms. The van der Waals surface area contributed by atoms with Crippen LogP contribution in [0.3, 0.4) is 0 Å². The number of anilines is 1. The quantitative estimate of drug-likeness (QED) is 0.537. The zero-order chi connectivity index (χ0) is 17.0. The Hall–Kier alpha value is -3.21. The first-order valence-corrected chi connectivity index (χ1v) is 8.17. The molecule has 1 aliphatic rings. The number of nitrogens with one attached hydrogen (secondary N) is 2. The third kappa shape index (κ3) is 2.05. The van der Waals surface area contributed by atoms with Crippen molar-refractivity contribution in [2.75, 3.05) is 5.32 Å². The van der Waals surface area contributed by atoms with Crippen LogP contribution >= 0.6 is 0 Å². The number of H-pyrrole nitrogens is 1. The Kier molecular flexibility index (Phi) is 2.91. The predicted octanol–water partition coefficient (Wildman–Crippen LogP) is 4.59. The molecule has 1 aliphatic heterocycles. The summed E-state index contributed by atoms with van der Waals surface area (Å²) in [6, 6.07) is 13.3. The van der Waals surface area contributed by atoms with Gasteiger partial charge < -0.3 is 10.3 Å². The van der Waals surface area contributed by atoms with E-state index in [9.17, 15) is 4.39 Å². The SMILES string of the molecule is Cc1cc(C2Nc3ccccc3-c3cnnc4[nH]cc2c34)ccc1F. The maximum Gasteiger partial charge on any atom is 0.160 e. The lowest BCUT2D eigenvalue weighted by Gasteiger charge is -2.20. The molecular formula is C20H15FN4. The van der Waals surface area contributed by atoms with E-state index in [1.807, 2.05) is 30.5 Å². The van der Waals surface area contributed by atoms with Crippen molar-refractivity contribution in [3.63, 3.8) is 0 Å². The van der Waals surface area contributed by atoms with Crippen LogP contribution in [0.1, 0.15) is 22.7 Å². The van der Waals surface area contributed by atoms with E-state index in [1.54, 1.807) is 13.1 Å². The molecule has 5 rings (SSSR count). The number of hydrogen-bond acceptors (Lipinski definition) is 3. The molecule has 122 valence electrons. The summed E-state index contributed by atoms with van der Waals surface area (Å²) in [4.78, 5) is 3.22. The van der Waals surface area contributed by atoms with Gasteiger partial charge >= 0.3 is 0 Å². The molecule has 1 unspecified atom stereocenters. The van der Waals surface area contributed by atoms with Crippen LogP contribution in [0, 0.1) is 12.7 Å². The number of aryl methyl sites for hydroxylation is 1. The van der Waals surface area contributed by atoms with Gasteiger partial charge in [-0.05, 0) is 30.2 Å². The monoisotopic (exact) mass is 330 g/mol. The van der Waals surface area contributed by atoms with Crippen LogP contribution in [0.25, 0.3) is 22.2 Å². The molecule has 0 saturated carbocycles. The summed E-state index contributed by atoms with van der Waals surface area (Å²) in [5.41, 5.74) is 6.66. The fraction of sp³-hybridized carbons (Fsp3) is 0.100. The number of hydrogen-bond donors (Lipinski definition) is 2. The van der Waals surface area contributed by atoms with Crippen LogP contribution in [0.4, 0.5) is 10.1 Å². The zero-order valence-corrected chi connectivity index (χ0v) is 13.5. The average Bonchev–Trinajstić information content (AvgIpc) is 3.00. The Morgan fingerprint density at radius 1 is 1.08 bits per heavy atom. The molecule has 2 aromatic carbocycles. The number of fused-ring (bicyclic) bond motifs is 2. The van der Waals surface area contributed by atoms with E-state index in [0.29, 0.717) is 5.56 Å². The van der Waals surface area contributed by atoms with Crippen molar-refractivity contribution in [1.29, 1.82) is 0 Å². The zero-order valence-electron chi connectivity index (χ0n) is 13.5. The second-order valence-corrected chi connectivity index (χ2v) is 6.36. The molecule has 2 aromatic heterocycles. The molecule has 0 bridgehead atoms. The standard InChI is InChI=1S/C20H15FN4/c1-11-8-12(6-7-16(11)21)19-15-9-22-20-18(15)14(10-23-25-20)13-4-2-3-5-17(13)24-19/h2-10,19,24H,1H3,(H,22,25). The minimum Gasteiger partial charge on any atom is -0.374 e. The first kappa shape index (κ1) is 14.2. The molecule has 1 atom stereocenters. The fourth-order valence-electron chi connectivity index (χ4n) is 3.62. The molecule has 5 heteroatoms. The lowest BCUT2D eigenvalue weighted by Crippen LogP contribution is -2.11. The van der Waals surface area contributed by atoms with Gasteiger partial charge in [-0.3, -0.25) is 0 Å². The van der Waals surface area contributed by atoms with Gasteiger partial charge in [-0.1, -0.05) is 30.3 Å². The predicted molar refractivity (Wildman–Crippen MR) is 95.9 cm³/mol. The topological polar surface area (TPSA) is 53.6 Å². The van der Waals surface area contributed by atoms with Crippen LogP contribution in [0.2, 0.25) is 0 Å². The normalized spacial score (nSPS) is 15.5. The van der Waals surface area contributed by atoms with Crippen molar-refractivity contribution < 1.29 is 4.39 Å². The largest absolute Gasteiger partial charge is 0.374 e. The Morgan fingerprint density at radius 3 is 2.84 bits per heavy atom. The minimum atomic E-state index is -0.191. The van der Waals surface area contributed by atoms with Crippen LogP contribution < -0.4 is 5.32 Å². The summed E-state index contributed by atoms with van der Waals surface area (Å²) >= 11 is 0. The molecule has 4 nitrogen and oxygen atoms in total. The van der Waals surface area contributed by atoms with Crippen molar-refractivity contribution in [2.24, 2.45) is 0 Å². The van der Waals surface area contributed by atoms with Crippen molar-refractivity contribution in [3.8, 4) is 11.1 Å². The van der Waals surface area contributed by atoms with Crippen LogP contribution in [0.15, 0.2) is 54.9 Å². The van der Waals surface area contributed by atoms with Crippen LogP contribution in [-0.2, 0) is 0 Å². The Balaban J connectivity index is 1.83. The molecule has 0 spiro atoms. The minimum absolute atomic E-state index is 0.0975. The van der Waals surface area contributed by atoms with E-state index in [1.165, 1.54) is 6.07 Å². The molecular weight excluding hydrogens is 315 g/mol. The molecule has 0 aliphatic carbocycles. The van der Waals surface area contributed by atoms with E-state index in [-0.39, 0.29) is 11.9 Å². The van der Waals surface area contributed by atoms with Gasteiger partial charge in [0.2, 0.25) is 0 Å². The molecule has 0 radical (unpaired) electrons. The van der Waals surface area contributed by atoms with E-state index < -0.39 is 0 Å². The Morgan fingerprint density at radius 2 is 1.96 bits per heavy atom. The van der Waals surface area contributed by atoms with Crippen molar-refractivity contribution in [3.05, 3.63) is 77.4 Å². The van der Waals surface area contributed by atoms with Gasteiger partial charge in [-0.25, -0.2) is 4.39 Å². The van der Waals surface area contributed by atoms with E-state index in [2.05, 4.69) is 32.6 Å². The second-order valence-electron chi connectivity index (χ2n) is 6.36. The van der Waals surface area contributed by atoms with Crippen molar-refractivity contribution >= 4 is 16.7 Å². The highest BCUT2D eigenvalue weighted by Gasteiger charge is 2.26. The molecule has 2 N–H and O–H groups in total. The summed E-state index contributed by atoms with van der Waals surface area (Å²) in [6.45, 7) is 1.79. The van der Waals surface area contributed by atoms with Gasteiger partial charge in [0.15, 0.2) is 5.65 Å². The highest BCUT2D eigenvalue weighted by Crippen LogP contribution is 2.43. The molecule has 3 heterocycles. The van der Waals surface area contributed by atoms with E-state index >= 15 is 0 Å². The van der Waals surface area contributed by atoms with Gasteiger partial charge in [0, 0.05) is 34.0 Å². The van der Waals surface area contributed by atoms with Gasteiger partial charge in [0.05, 0.1) is 12.2 Å². The van der Waals surface area contributed by atoms with Crippen molar-refractivity contribution in [2.45, 2.75) is 13.0 Å². The smallest absolute Gasteiger partial charge is 0.160 e. The third-order valence-electron chi connectivity index (χ3n) is 4.85. The summed E-state index contributed by atoms with van der Waals surface area (Å²) in [6.07, 6.45) is 3.77. The van der Waals surface area contributed by atoms with Gasteiger partial charge in [0.25, 0.3) is 0 Å². The highest BCUT2D eigenvalue weighted by atomic mass is 19.1. The number of aromatic nitrogens is 3. The van der Waals surface area contributed by atoms with Crippen LogP contribution in [0.5, 0.6) is 0 Å².